The van der Waals surface area contributed by atoms with Gasteiger partial charge in [0.15, 0.2) is 11.5 Å². The molecule has 0 aromatic heterocycles. The maximum absolute atomic E-state index is 12.8. The molecule has 1 unspecified atom stereocenters. The zero-order valence-electron chi connectivity index (χ0n) is 17.7. The van der Waals surface area contributed by atoms with Crippen molar-refractivity contribution in [3.05, 3.63) is 53.6 Å². The standard InChI is InChI=1S/C22H28N2O5S/c1-15(2)21(17-8-11-19-20(14-17)29-13-5-12-28-19)23-22(25)16-6-9-18(10-7-16)30(26,27)24(3)4/h6-11,14-15,21H,5,12-13H2,1-4H3,(H,23,25). The Hall–Kier alpha value is -2.58. The Labute approximate surface area is 178 Å². The molecule has 7 nitrogen and oxygen atoms in total. The maximum Gasteiger partial charge on any atom is 0.251 e. The number of ether oxygens (including phenoxy) is 2. The largest absolute Gasteiger partial charge is 0.490 e. The molecule has 1 N–H and O–H groups in total. The van der Waals surface area contributed by atoms with Gasteiger partial charge in [0.2, 0.25) is 10.0 Å². The molecule has 1 heterocycles. The van der Waals surface area contributed by atoms with Crippen molar-refractivity contribution in [2.75, 3.05) is 27.3 Å². The highest BCUT2D eigenvalue weighted by molar-refractivity contribution is 7.89. The van der Waals surface area contributed by atoms with E-state index in [1.54, 1.807) is 0 Å². The molecule has 1 amide bonds. The first kappa shape index (κ1) is 22.1. The number of fused-ring (bicyclic) bond motifs is 1. The van der Waals surface area contributed by atoms with Gasteiger partial charge in [-0.1, -0.05) is 19.9 Å². The smallest absolute Gasteiger partial charge is 0.251 e. The Balaban J connectivity index is 1.80. The summed E-state index contributed by atoms with van der Waals surface area (Å²) in [5, 5.41) is 3.06. The fourth-order valence-electron chi connectivity index (χ4n) is 3.22. The van der Waals surface area contributed by atoms with E-state index in [4.69, 9.17) is 9.47 Å². The Bertz CT molecular complexity index is 1000. The molecule has 0 fully saturated rings. The number of amides is 1. The van der Waals surface area contributed by atoms with Crippen LogP contribution in [0.15, 0.2) is 47.4 Å². The summed E-state index contributed by atoms with van der Waals surface area (Å²) in [7, 11) is -0.593. The number of rotatable bonds is 6. The van der Waals surface area contributed by atoms with Gasteiger partial charge in [-0.3, -0.25) is 4.79 Å². The van der Waals surface area contributed by atoms with Gasteiger partial charge in [-0.2, -0.15) is 0 Å². The number of hydrogen-bond acceptors (Lipinski definition) is 5. The van der Waals surface area contributed by atoms with E-state index in [2.05, 4.69) is 5.32 Å². The van der Waals surface area contributed by atoms with Gasteiger partial charge in [0, 0.05) is 26.1 Å². The Morgan fingerprint density at radius 2 is 1.63 bits per heavy atom. The average molecular weight is 433 g/mol. The first-order valence-corrected chi connectivity index (χ1v) is 11.4. The molecular weight excluding hydrogens is 404 g/mol. The van der Waals surface area contributed by atoms with E-state index in [-0.39, 0.29) is 22.8 Å². The third-order valence-electron chi connectivity index (χ3n) is 4.98. The number of benzene rings is 2. The van der Waals surface area contributed by atoms with E-state index in [0.29, 0.717) is 30.3 Å². The third-order valence-corrected chi connectivity index (χ3v) is 6.81. The molecule has 2 aromatic carbocycles. The second kappa shape index (κ2) is 9.06. The van der Waals surface area contributed by atoms with Gasteiger partial charge in [-0.15, -0.1) is 0 Å². The minimum absolute atomic E-state index is 0.132. The molecule has 0 saturated heterocycles. The van der Waals surface area contributed by atoms with E-state index in [1.165, 1.54) is 38.4 Å². The number of nitrogens with one attached hydrogen (secondary N) is 1. The second-order valence-electron chi connectivity index (χ2n) is 7.76. The van der Waals surface area contributed by atoms with Crippen LogP contribution in [0.25, 0.3) is 0 Å². The van der Waals surface area contributed by atoms with Crippen molar-refractivity contribution in [1.29, 1.82) is 0 Å². The second-order valence-corrected chi connectivity index (χ2v) is 9.92. The Morgan fingerprint density at radius 3 is 2.23 bits per heavy atom. The van der Waals surface area contributed by atoms with Crippen LogP contribution in [0.1, 0.15) is 42.2 Å². The van der Waals surface area contributed by atoms with Crippen molar-refractivity contribution in [3.8, 4) is 11.5 Å². The molecule has 2 aromatic rings. The molecule has 162 valence electrons. The summed E-state index contributed by atoms with van der Waals surface area (Å²) < 4.78 is 37.0. The molecule has 0 radical (unpaired) electrons. The van der Waals surface area contributed by atoms with Gasteiger partial charge in [0.25, 0.3) is 5.91 Å². The van der Waals surface area contributed by atoms with E-state index < -0.39 is 10.0 Å². The first-order chi connectivity index (χ1) is 14.2. The van der Waals surface area contributed by atoms with E-state index in [0.717, 1.165) is 16.3 Å². The summed E-state index contributed by atoms with van der Waals surface area (Å²) in [5.41, 5.74) is 1.32. The van der Waals surface area contributed by atoms with E-state index in [9.17, 15) is 13.2 Å². The summed E-state index contributed by atoms with van der Waals surface area (Å²) in [6, 6.07) is 11.4. The van der Waals surface area contributed by atoms with Crippen molar-refractivity contribution in [2.24, 2.45) is 5.92 Å². The van der Waals surface area contributed by atoms with Crippen LogP contribution < -0.4 is 14.8 Å². The van der Waals surface area contributed by atoms with Crippen LogP contribution in [-0.4, -0.2) is 45.9 Å². The van der Waals surface area contributed by atoms with Crippen LogP contribution in [0.5, 0.6) is 11.5 Å². The predicted octanol–water partition coefficient (Wildman–Crippen LogP) is 3.23. The van der Waals surface area contributed by atoms with E-state index >= 15 is 0 Å². The number of carbonyl (C=O) groups excluding carboxylic acids is 1. The fraction of sp³-hybridized carbons (Fsp3) is 0.409. The summed E-state index contributed by atoms with van der Waals surface area (Å²) in [5.74, 6) is 1.26. The van der Waals surface area contributed by atoms with Crippen molar-refractivity contribution >= 4 is 15.9 Å². The van der Waals surface area contributed by atoms with Gasteiger partial charge in [0.05, 0.1) is 24.2 Å². The highest BCUT2D eigenvalue weighted by Gasteiger charge is 2.23. The summed E-state index contributed by atoms with van der Waals surface area (Å²) in [4.78, 5) is 13.0. The zero-order valence-corrected chi connectivity index (χ0v) is 18.5. The molecule has 1 atom stereocenters. The van der Waals surface area contributed by atoms with Gasteiger partial charge in [-0.05, 0) is 47.9 Å². The van der Waals surface area contributed by atoms with Crippen LogP contribution in [0, 0.1) is 5.92 Å². The molecule has 0 saturated carbocycles. The molecule has 30 heavy (non-hydrogen) atoms. The van der Waals surface area contributed by atoms with Gasteiger partial charge < -0.3 is 14.8 Å². The van der Waals surface area contributed by atoms with Crippen LogP contribution >= 0.6 is 0 Å². The number of hydrogen-bond donors (Lipinski definition) is 1. The molecule has 1 aliphatic rings. The summed E-state index contributed by atoms with van der Waals surface area (Å²) in [6.07, 6.45) is 0.827. The maximum atomic E-state index is 12.8. The lowest BCUT2D eigenvalue weighted by molar-refractivity contribution is 0.0925. The number of sulfonamides is 1. The highest BCUT2D eigenvalue weighted by Crippen LogP contribution is 2.34. The van der Waals surface area contributed by atoms with Gasteiger partial charge in [0.1, 0.15) is 0 Å². The molecule has 0 aliphatic carbocycles. The number of nitrogens with zero attached hydrogens (tertiary/aromatic N) is 1. The topological polar surface area (TPSA) is 84.9 Å². The normalized spacial score (nSPS) is 15.0. The van der Waals surface area contributed by atoms with E-state index in [1.807, 2.05) is 32.0 Å². The SMILES string of the molecule is CC(C)C(NC(=O)c1ccc(S(=O)(=O)N(C)C)cc1)c1ccc2c(c1)OCCCO2. The number of carbonyl (C=O) groups is 1. The molecule has 1 aliphatic heterocycles. The van der Waals surface area contributed by atoms with Gasteiger partial charge in [-0.25, -0.2) is 12.7 Å². The summed E-state index contributed by atoms with van der Waals surface area (Å²) in [6.45, 7) is 5.27. The van der Waals surface area contributed by atoms with Crippen molar-refractivity contribution in [1.82, 2.24) is 9.62 Å². The van der Waals surface area contributed by atoms with Crippen LogP contribution in [0.3, 0.4) is 0 Å². The van der Waals surface area contributed by atoms with Crippen LogP contribution in [-0.2, 0) is 10.0 Å². The van der Waals surface area contributed by atoms with Crippen molar-refractivity contribution in [2.45, 2.75) is 31.2 Å². The summed E-state index contributed by atoms with van der Waals surface area (Å²) >= 11 is 0. The molecule has 3 rings (SSSR count). The lowest BCUT2D eigenvalue weighted by Gasteiger charge is -2.24. The quantitative estimate of drug-likeness (QED) is 0.758. The van der Waals surface area contributed by atoms with Crippen molar-refractivity contribution < 1.29 is 22.7 Å². The third kappa shape index (κ3) is 4.76. The van der Waals surface area contributed by atoms with Crippen molar-refractivity contribution in [3.63, 3.8) is 0 Å². The monoisotopic (exact) mass is 432 g/mol. The first-order valence-electron chi connectivity index (χ1n) is 9.93. The predicted molar refractivity (Wildman–Crippen MR) is 114 cm³/mol. The molecular formula is C22H28N2O5S. The lowest BCUT2D eigenvalue weighted by Crippen LogP contribution is -2.31. The highest BCUT2D eigenvalue weighted by atomic mass is 32.2. The molecule has 8 heteroatoms. The zero-order chi connectivity index (χ0) is 21.9. The fourth-order valence-corrected chi connectivity index (χ4v) is 4.12. The molecule has 0 spiro atoms. The lowest BCUT2D eigenvalue weighted by atomic mass is 9.95. The minimum atomic E-state index is -3.53. The average Bonchev–Trinajstić information content (AvgIpc) is 2.96. The van der Waals surface area contributed by atoms with Crippen LogP contribution in [0.4, 0.5) is 0 Å². The van der Waals surface area contributed by atoms with Crippen LogP contribution in [0.2, 0.25) is 0 Å². The Morgan fingerprint density at radius 1 is 1.00 bits per heavy atom. The minimum Gasteiger partial charge on any atom is -0.490 e. The van der Waals surface area contributed by atoms with Gasteiger partial charge >= 0.3 is 0 Å². The molecule has 0 bridgehead atoms. The Kier molecular flexibility index (Phi) is 6.67.